The van der Waals surface area contributed by atoms with Crippen molar-refractivity contribution in [1.29, 1.82) is 0 Å². The molecular weight excluding hydrogens is 182 g/mol. The van der Waals surface area contributed by atoms with Crippen molar-refractivity contribution in [2.45, 2.75) is 12.5 Å². The van der Waals surface area contributed by atoms with Crippen molar-refractivity contribution in [1.82, 2.24) is 15.1 Å². The number of ether oxygens (including phenoxy) is 1. The van der Waals surface area contributed by atoms with Gasteiger partial charge in [0.25, 0.3) is 0 Å². The van der Waals surface area contributed by atoms with Gasteiger partial charge < -0.3 is 9.64 Å². The first-order chi connectivity index (χ1) is 6.77. The van der Waals surface area contributed by atoms with Crippen LogP contribution in [0.3, 0.4) is 0 Å². The molecule has 1 aliphatic heterocycles. The predicted molar refractivity (Wildman–Crippen MR) is 48.6 cm³/mol. The van der Waals surface area contributed by atoms with Crippen LogP contribution < -0.4 is 0 Å². The van der Waals surface area contributed by atoms with E-state index in [2.05, 4.69) is 10.2 Å². The van der Waals surface area contributed by atoms with E-state index >= 15 is 0 Å². The van der Waals surface area contributed by atoms with Crippen molar-refractivity contribution in [3.8, 4) is 0 Å². The molecule has 1 aliphatic rings. The average Bonchev–Trinajstić information content (AvgIpc) is 2.52. The van der Waals surface area contributed by atoms with Gasteiger partial charge in [0, 0.05) is 19.7 Å². The molecule has 1 aromatic rings. The van der Waals surface area contributed by atoms with Gasteiger partial charge in [0.2, 0.25) is 0 Å². The molecule has 1 amide bonds. The van der Waals surface area contributed by atoms with Gasteiger partial charge >= 0.3 is 6.09 Å². The maximum Gasteiger partial charge on any atom is 0.409 e. The fourth-order valence-corrected chi connectivity index (χ4v) is 1.41. The Hall–Kier alpha value is -1.65. The summed E-state index contributed by atoms with van der Waals surface area (Å²) in [5, 5.41) is 7.73. The molecule has 1 aromatic heterocycles. The molecule has 1 unspecified atom stereocenters. The first-order valence-electron chi connectivity index (χ1n) is 4.43. The summed E-state index contributed by atoms with van der Waals surface area (Å²) >= 11 is 0. The van der Waals surface area contributed by atoms with Crippen molar-refractivity contribution in [2.24, 2.45) is 0 Å². The van der Waals surface area contributed by atoms with Gasteiger partial charge in [0.1, 0.15) is 6.61 Å². The fraction of sp³-hybridized carbons (Fsp3) is 0.444. The average molecular weight is 193 g/mol. The van der Waals surface area contributed by atoms with E-state index in [1.54, 1.807) is 18.1 Å². The Labute approximate surface area is 81.7 Å². The first-order valence-corrected chi connectivity index (χ1v) is 4.43. The number of carbonyl (C=O) groups excluding carboxylic acids is 1. The standard InChI is InChI=1S/C9H11N3O2/c1-12-8(6-14-9(12)13)5-7-3-2-4-10-11-7/h2-4,8H,5-6H2,1H3. The Bertz CT molecular complexity index is 328. The molecule has 5 nitrogen and oxygen atoms in total. The number of hydrogen-bond acceptors (Lipinski definition) is 4. The fourth-order valence-electron chi connectivity index (χ4n) is 1.41. The number of likely N-dealkylation sites (N-methyl/N-ethyl adjacent to an activating group) is 1. The largest absolute Gasteiger partial charge is 0.447 e. The molecule has 5 heteroatoms. The van der Waals surface area contributed by atoms with E-state index < -0.39 is 0 Å². The van der Waals surface area contributed by atoms with Gasteiger partial charge in [0.15, 0.2) is 0 Å². The summed E-state index contributed by atoms with van der Waals surface area (Å²) in [6.07, 6.45) is 2.05. The van der Waals surface area contributed by atoms with E-state index in [4.69, 9.17) is 4.74 Å². The van der Waals surface area contributed by atoms with Gasteiger partial charge in [-0.3, -0.25) is 0 Å². The monoisotopic (exact) mass is 193 g/mol. The van der Waals surface area contributed by atoms with Gasteiger partial charge in [0.05, 0.1) is 11.7 Å². The van der Waals surface area contributed by atoms with Crippen LogP contribution in [-0.2, 0) is 11.2 Å². The number of nitrogens with zero attached hydrogens (tertiary/aromatic N) is 3. The van der Waals surface area contributed by atoms with Gasteiger partial charge in [-0.15, -0.1) is 0 Å². The van der Waals surface area contributed by atoms with Crippen LogP contribution >= 0.6 is 0 Å². The number of hydrogen-bond donors (Lipinski definition) is 0. The van der Waals surface area contributed by atoms with Crippen molar-refractivity contribution in [3.05, 3.63) is 24.0 Å². The van der Waals surface area contributed by atoms with Gasteiger partial charge in [-0.05, 0) is 12.1 Å². The minimum atomic E-state index is -0.265. The first kappa shape index (κ1) is 8.93. The van der Waals surface area contributed by atoms with Gasteiger partial charge in [-0.1, -0.05) is 0 Å². The summed E-state index contributed by atoms with van der Waals surface area (Å²) in [6.45, 7) is 0.436. The lowest BCUT2D eigenvalue weighted by atomic mass is 10.1. The highest BCUT2D eigenvalue weighted by Gasteiger charge is 2.29. The highest BCUT2D eigenvalue weighted by Crippen LogP contribution is 2.13. The van der Waals surface area contributed by atoms with Gasteiger partial charge in [-0.2, -0.15) is 10.2 Å². The lowest BCUT2D eigenvalue weighted by Gasteiger charge is -2.14. The summed E-state index contributed by atoms with van der Waals surface area (Å²) in [7, 11) is 1.73. The molecule has 14 heavy (non-hydrogen) atoms. The zero-order valence-corrected chi connectivity index (χ0v) is 7.88. The predicted octanol–water partition coefficient (Wildman–Crippen LogP) is 0.470. The summed E-state index contributed by atoms with van der Waals surface area (Å²) in [4.78, 5) is 12.6. The molecule has 2 heterocycles. The van der Waals surface area contributed by atoms with Crippen LogP contribution in [0.2, 0.25) is 0 Å². The van der Waals surface area contributed by atoms with Crippen LogP contribution in [0.25, 0.3) is 0 Å². The molecule has 0 bridgehead atoms. The molecule has 0 aromatic carbocycles. The summed E-state index contributed by atoms with van der Waals surface area (Å²) in [5.74, 6) is 0. The molecule has 74 valence electrons. The maximum absolute atomic E-state index is 11.0. The van der Waals surface area contributed by atoms with Crippen molar-refractivity contribution < 1.29 is 9.53 Å². The maximum atomic E-state index is 11.0. The Morgan fingerprint density at radius 1 is 1.71 bits per heavy atom. The SMILES string of the molecule is CN1C(=O)OCC1Cc1cccnn1. The highest BCUT2D eigenvalue weighted by atomic mass is 16.6. The topological polar surface area (TPSA) is 55.3 Å². The number of rotatable bonds is 2. The molecular formula is C9H11N3O2. The molecule has 0 saturated carbocycles. The summed E-state index contributed by atoms with van der Waals surface area (Å²) < 4.78 is 4.89. The minimum Gasteiger partial charge on any atom is -0.447 e. The molecule has 0 aliphatic carbocycles. The normalized spacial score (nSPS) is 21.1. The zero-order chi connectivity index (χ0) is 9.97. The van der Waals surface area contributed by atoms with E-state index in [0.29, 0.717) is 13.0 Å². The zero-order valence-electron chi connectivity index (χ0n) is 7.88. The summed E-state index contributed by atoms with van der Waals surface area (Å²) in [6, 6.07) is 3.81. The van der Waals surface area contributed by atoms with Crippen LogP contribution in [0.4, 0.5) is 4.79 Å². The van der Waals surface area contributed by atoms with Crippen molar-refractivity contribution >= 4 is 6.09 Å². The number of carbonyl (C=O) groups is 1. The highest BCUT2D eigenvalue weighted by molar-refractivity contribution is 5.69. The van der Waals surface area contributed by atoms with Crippen LogP contribution in [0.5, 0.6) is 0 Å². The van der Waals surface area contributed by atoms with E-state index in [1.165, 1.54) is 0 Å². The Morgan fingerprint density at radius 2 is 2.57 bits per heavy atom. The summed E-state index contributed by atoms with van der Waals surface area (Å²) in [5.41, 5.74) is 0.877. The quantitative estimate of drug-likeness (QED) is 0.685. The molecule has 0 radical (unpaired) electrons. The second-order valence-electron chi connectivity index (χ2n) is 3.26. The minimum absolute atomic E-state index is 0.0826. The third kappa shape index (κ3) is 1.66. The smallest absolute Gasteiger partial charge is 0.409 e. The molecule has 1 atom stereocenters. The molecule has 0 spiro atoms. The number of cyclic esters (lactones) is 1. The lowest BCUT2D eigenvalue weighted by molar-refractivity contribution is 0.163. The van der Waals surface area contributed by atoms with E-state index in [1.807, 2.05) is 12.1 Å². The van der Waals surface area contributed by atoms with Gasteiger partial charge in [-0.25, -0.2) is 4.79 Å². The lowest BCUT2D eigenvalue weighted by Crippen LogP contribution is -2.31. The molecule has 1 saturated heterocycles. The van der Waals surface area contributed by atoms with E-state index in [-0.39, 0.29) is 12.1 Å². The molecule has 2 rings (SSSR count). The van der Waals surface area contributed by atoms with Crippen LogP contribution in [0, 0.1) is 0 Å². The second kappa shape index (κ2) is 3.61. The van der Waals surface area contributed by atoms with Crippen molar-refractivity contribution in [2.75, 3.05) is 13.7 Å². The van der Waals surface area contributed by atoms with E-state index in [0.717, 1.165) is 5.69 Å². The molecule has 0 N–H and O–H groups in total. The third-order valence-electron chi connectivity index (χ3n) is 2.31. The second-order valence-corrected chi connectivity index (χ2v) is 3.26. The van der Waals surface area contributed by atoms with Crippen LogP contribution in [0.1, 0.15) is 5.69 Å². The third-order valence-corrected chi connectivity index (χ3v) is 2.31. The Balaban J connectivity index is 2.02. The molecule has 1 fully saturated rings. The Morgan fingerprint density at radius 3 is 3.14 bits per heavy atom. The van der Waals surface area contributed by atoms with E-state index in [9.17, 15) is 4.79 Å². The Kier molecular flexibility index (Phi) is 2.30. The van der Waals surface area contributed by atoms with Crippen LogP contribution in [0.15, 0.2) is 18.3 Å². The van der Waals surface area contributed by atoms with Crippen LogP contribution in [-0.4, -0.2) is 40.9 Å². The number of aromatic nitrogens is 2. The number of amides is 1. The van der Waals surface area contributed by atoms with Crippen molar-refractivity contribution in [3.63, 3.8) is 0 Å².